The van der Waals surface area contributed by atoms with E-state index in [4.69, 9.17) is 0 Å². The Labute approximate surface area is 208 Å². The van der Waals surface area contributed by atoms with Crippen molar-refractivity contribution in [1.29, 1.82) is 0 Å². The first kappa shape index (κ1) is 22.3. The maximum Gasteiger partial charge on any atom is 0.296 e. The molecule has 7 heteroatoms. The second-order valence-corrected chi connectivity index (χ2v) is 9.90. The molecule has 1 atom stereocenters. The van der Waals surface area contributed by atoms with Crippen molar-refractivity contribution in [3.05, 3.63) is 111 Å². The minimum absolute atomic E-state index is 0.0331. The van der Waals surface area contributed by atoms with Crippen LogP contribution in [0.1, 0.15) is 22.7 Å². The summed E-state index contributed by atoms with van der Waals surface area (Å²) in [4.78, 5) is 32.7. The molecule has 4 aromatic rings. The highest BCUT2D eigenvalue weighted by Gasteiger charge is 2.45. The van der Waals surface area contributed by atoms with E-state index in [-0.39, 0.29) is 5.57 Å². The number of halogens is 1. The molecule has 5 nitrogen and oxygen atoms in total. The summed E-state index contributed by atoms with van der Waals surface area (Å²) in [7, 11) is 0. The third-order valence-corrected chi connectivity index (χ3v) is 7.11. The number of carbonyl (C=O) groups is 2. The number of hydrogen-bond donors (Lipinski definition) is 1. The Hall–Kier alpha value is -3.55. The molecule has 0 aliphatic carbocycles. The van der Waals surface area contributed by atoms with E-state index in [0.717, 1.165) is 25.8 Å². The number of nitrogens with zero attached hydrogens (tertiary/aromatic N) is 2. The van der Waals surface area contributed by atoms with Crippen molar-refractivity contribution < 1.29 is 14.7 Å². The lowest BCUT2D eigenvalue weighted by molar-refractivity contribution is -0.117. The van der Waals surface area contributed by atoms with Crippen LogP contribution in [-0.2, 0) is 9.59 Å². The third-order valence-electron chi connectivity index (χ3n) is 5.60. The summed E-state index contributed by atoms with van der Waals surface area (Å²) in [5.74, 6) is -1.63. The number of anilines is 1. The van der Waals surface area contributed by atoms with E-state index in [2.05, 4.69) is 20.9 Å². The van der Waals surface area contributed by atoms with Gasteiger partial charge in [-0.1, -0.05) is 81.9 Å². The zero-order chi connectivity index (χ0) is 23.8. The number of carbonyl (C=O) groups excluding carboxylic acids is 2. The second-order valence-electron chi connectivity index (χ2n) is 7.97. The number of aliphatic hydroxyl groups is 1. The zero-order valence-electron chi connectivity index (χ0n) is 18.1. The van der Waals surface area contributed by atoms with Gasteiger partial charge in [-0.05, 0) is 54.0 Å². The van der Waals surface area contributed by atoms with Crippen molar-refractivity contribution in [3.63, 3.8) is 0 Å². The van der Waals surface area contributed by atoms with Crippen LogP contribution in [0.5, 0.6) is 0 Å². The molecule has 1 N–H and O–H groups in total. The van der Waals surface area contributed by atoms with Crippen LogP contribution in [0.4, 0.5) is 5.13 Å². The normalized spacial score (nSPS) is 16.2. The minimum atomic E-state index is -0.806. The summed E-state index contributed by atoms with van der Waals surface area (Å²) in [6.45, 7) is 1.99. The fourth-order valence-electron chi connectivity index (χ4n) is 3.99. The monoisotopic (exact) mass is 530 g/mol. The molecule has 0 radical (unpaired) electrons. The van der Waals surface area contributed by atoms with Crippen molar-refractivity contribution in [2.24, 2.45) is 0 Å². The van der Waals surface area contributed by atoms with E-state index in [0.29, 0.717) is 10.7 Å². The lowest BCUT2D eigenvalue weighted by atomic mass is 9.96. The van der Waals surface area contributed by atoms with Crippen LogP contribution in [0.2, 0.25) is 0 Å². The summed E-state index contributed by atoms with van der Waals surface area (Å²) < 4.78 is 1.73. The van der Waals surface area contributed by atoms with E-state index in [9.17, 15) is 14.7 Å². The van der Waals surface area contributed by atoms with Crippen LogP contribution in [0.3, 0.4) is 0 Å². The van der Waals surface area contributed by atoms with Crippen LogP contribution in [0.25, 0.3) is 16.3 Å². The molecule has 1 unspecified atom stereocenters. The molecule has 0 fully saturated rings. The van der Waals surface area contributed by atoms with Crippen LogP contribution in [0.15, 0.2) is 94.7 Å². The first-order valence-electron chi connectivity index (χ1n) is 10.6. The van der Waals surface area contributed by atoms with Crippen LogP contribution in [0, 0.1) is 6.92 Å². The Kier molecular flexibility index (Phi) is 5.89. The average Bonchev–Trinajstić information content (AvgIpc) is 3.36. The molecule has 3 aromatic carbocycles. The van der Waals surface area contributed by atoms with Gasteiger partial charge in [0.25, 0.3) is 5.91 Å². The average molecular weight is 531 g/mol. The number of fused-ring (bicyclic) bond motifs is 1. The van der Waals surface area contributed by atoms with Crippen molar-refractivity contribution in [3.8, 4) is 0 Å². The predicted molar refractivity (Wildman–Crippen MR) is 139 cm³/mol. The SMILES string of the molecule is Cc1ccc2nc(N3C(=O)C(O)=C(C(=O)C=Cc4ccccc4)C3c3cccc(Br)c3)sc2c1. The largest absolute Gasteiger partial charge is 0.503 e. The van der Waals surface area contributed by atoms with Gasteiger partial charge in [0, 0.05) is 4.47 Å². The number of rotatable bonds is 5. The van der Waals surface area contributed by atoms with Gasteiger partial charge in [0.15, 0.2) is 16.7 Å². The topological polar surface area (TPSA) is 70.5 Å². The van der Waals surface area contributed by atoms with Crippen molar-refractivity contribution in [2.45, 2.75) is 13.0 Å². The molecule has 168 valence electrons. The molecule has 2 heterocycles. The maximum atomic E-state index is 13.3. The van der Waals surface area contributed by atoms with Gasteiger partial charge in [-0.25, -0.2) is 4.98 Å². The third kappa shape index (κ3) is 4.08. The first-order valence-corrected chi connectivity index (χ1v) is 12.2. The Bertz CT molecular complexity index is 1490. The van der Waals surface area contributed by atoms with Gasteiger partial charge >= 0.3 is 0 Å². The van der Waals surface area contributed by atoms with Crippen molar-refractivity contribution >= 4 is 60.4 Å². The van der Waals surface area contributed by atoms with Gasteiger partial charge in [-0.3, -0.25) is 14.5 Å². The number of aryl methyl sites for hydroxylation is 1. The smallest absolute Gasteiger partial charge is 0.296 e. The summed E-state index contributed by atoms with van der Waals surface area (Å²) in [5.41, 5.74) is 3.42. The number of aromatic nitrogens is 1. The number of amides is 1. The predicted octanol–water partition coefficient (Wildman–Crippen LogP) is 6.55. The molecule has 1 aromatic heterocycles. The van der Waals surface area contributed by atoms with Crippen LogP contribution < -0.4 is 4.90 Å². The zero-order valence-corrected chi connectivity index (χ0v) is 20.5. The minimum Gasteiger partial charge on any atom is -0.503 e. The summed E-state index contributed by atoms with van der Waals surface area (Å²) in [6.07, 6.45) is 3.07. The number of thiazole rings is 1. The van der Waals surface area contributed by atoms with E-state index in [1.165, 1.54) is 22.3 Å². The van der Waals surface area contributed by atoms with Gasteiger partial charge in [-0.15, -0.1) is 0 Å². The van der Waals surface area contributed by atoms with Gasteiger partial charge in [0.05, 0.1) is 21.8 Å². The molecule has 0 bridgehead atoms. The molecule has 1 amide bonds. The van der Waals surface area contributed by atoms with Gasteiger partial charge in [0.2, 0.25) is 0 Å². The quantitative estimate of drug-likeness (QED) is 0.297. The van der Waals surface area contributed by atoms with Crippen molar-refractivity contribution in [1.82, 2.24) is 4.98 Å². The highest BCUT2D eigenvalue weighted by Crippen LogP contribution is 2.44. The van der Waals surface area contributed by atoms with E-state index in [1.54, 1.807) is 6.08 Å². The Morgan fingerprint density at radius 3 is 2.65 bits per heavy atom. The second kappa shape index (κ2) is 9.00. The molecule has 1 aliphatic heterocycles. The lowest BCUT2D eigenvalue weighted by Crippen LogP contribution is -2.30. The number of ketones is 1. The van der Waals surface area contributed by atoms with Gasteiger partial charge in [-0.2, -0.15) is 0 Å². The first-order chi connectivity index (χ1) is 16.4. The fourth-order valence-corrected chi connectivity index (χ4v) is 5.50. The molecule has 1 aliphatic rings. The molecule has 5 rings (SSSR count). The molecule has 0 saturated carbocycles. The van der Waals surface area contributed by atoms with Crippen LogP contribution >= 0.6 is 27.3 Å². The number of benzene rings is 3. The number of allylic oxidation sites excluding steroid dienone is 1. The maximum absolute atomic E-state index is 13.3. The van der Waals surface area contributed by atoms with E-state index >= 15 is 0 Å². The Morgan fingerprint density at radius 2 is 1.88 bits per heavy atom. The molecule has 0 saturated heterocycles. The highest BCUT2D eigenvalue weighted by molar-refractivity contribution is 9.10. The molecule has 0 spiro atoms. The lowest BCUT2D eigenvalue weighted by Gasteiger charge is -2.24. The van der Waals surface area contributed by atoms with Crippen LogP contribution in [-0.4, -0.2) is 21.8 Å². The highest BCUT2D eigenvalue weighted by atomic mass is 79.9. The summed E-state index contributed by atoms with van der Waals surface area (Å²) in [5, 5.41) is 11.3. The van der Waals surface area contributed by atoms with E-state index < -0.39 is 23.5 Å². The molecular formula is C27H19BrN2O3S. The standard InChI is InChI=1S/C27H19BrN2O3S/c1-16-10-12-20-22(14-16)34-27(29-20)30-24(18-8-5-9-19(28)15-18)23(25(32)26(30)33)21(31)13-11-17-6-3-2-4-7-17/h2-15,24,32H,1H3. The van der Waals surface area contributed by atoms with E-state index in [1.807, 2.05) is 79.7 Å². The molecular weight excluding hydrogens is 512 g/mol. The van der Waals surface area contributed by atoms with Crippen molar-refractivity contribution in [2.75, 3.05) is 4.90 Å². The van der Waals surface area contributed by atoms with Gasteiger partial charge < -0.3 is 5.11 Å². The Morgan fingerprint density at radius 1 is 1.09 bits per heavy atom. The molecule has 34 heavy (non-hydrogen) atoms. The van der Waals surface area contributed by atoms with Gasteiger partial charge in [0.1, 0.15) is 0 Å². The number of hydrogen-bond acceptors (Lipinski definition) is 5. The Balaban J connectivity index is 1.61. The summed E-state index contributed by atoms with van der Waals surface area (Å²) >= 11 is 4.83. The number of aliphatic hydroxyl groups excluding tert-OH is 1. The summed E-state index contributed by atoms with van der Waals surface area (Å²) in [6, 6.07) is 21.8. The fraction of sp³-hybridized carbons (Fsp3) is 0.0741.